The molecule has 4 nitrogen and oxygen atoms in total. The van der Waals surface area contributed by atoms with Gasteiger partial charge in [0.15, 0.2) is 6.61 Å². The number of fused-ring (bicyclic) bond motifs is 1. The van der Waals surface area contributed by atoms with E-state index in [1.54, 1.807) is 0 Å². The summed E-state index contributed by atoms with van der Waals surface area (Å²) in [7, 11) is 1.92. The van der Waals surface area contributed by atoms with E-state index in [0.717, 1.165) is 24.2 Å². The highest BCUT2D eigenvalue weighted by Crippen LogP contribution is 2.30. The monoisotopic (exact) mass is 317 g/mol. The van der Waals surface area contributed by atoms with Crippen LogP contribution < -0.4 is 0 Å². The molecule has 0 atom stereocenters. The Hall–Kier alpha value is -1.88. The van der Waals surface area contributed by atoms with E-state index in [1.165, 1.54) is 28.2 Å². The Bertz CT molecular complexity index is 733. The minimum atomic E-state index is -0.391. The van der Waals surface area contributed by atoms with Crippen molar-refractivity contribution in [2.75, 3.05) is 6.61 Å². The third-order valence-electron chi connectivity index (χ3n) is 4.36. The number of hydrogen-bond acceptors (Lipinski definition) is 4. The van der Waals surface area contributed by atoms with Gasteiger partial charge in [-0.15, -0.1) is 11.3 Å². The molecule has 2 aromatic heterocycles. The summed E-state index contributed by atoms with van der Waals surface area (Å²) in [4.78, 5) is 26.2. The van der Waals surface area contributed by atoms with Crippen LogP contribution >= 0.6 is 11.3 Å². The van der Waals surface area contributed by atoms with E-state index in [9.17, 15) is 9.59 Å². The molecule has 1 aliphatic rings. The van der Waals surface area contributed by atoms with Crippen LogP contribution in [-0.4, -0.2) is 22.9 Å². The van der Waals surface area contributed by atoms with Crippen LogP contribution in [0, 0.1) is 13.8 Å². The molecule has 5 heteroatoms. The Morgan fingerprint density at radius 2 is 2.05 bits per heavy atom. The minimum absolute atomic E-state index is 0.154. The maximum atomic E-state index is 12.2. The average molecular weight is 317 g/mol. The van der Waals surface area contributed by atoms with Gasteiger partial charge < -0.3 is 9.30 Å². The Morgan fingerprint density at radius 1 is 1.27 bits per heavy atom. The molecule has 0 aliphatic heterocycles. The number of hydrogen-bond donors (Lipinski definition) is 0. The van der Waals surface area contributed by atoms with Gasteiger partial charge in [0.1, 0.15) is 4.88 Å². The van der Waals surface area contributed by atoms with E-state index in [4.69, 9.17) is 4.74 Å². The van der Waals surface area contributed by atoms with Crippen molar-refractivity contribution in [2.45, 2.75) is 33.1 Å². The van der Waals surface area contributed by atoms with Crippen LogP contribution in [0.4, 0.5) is 0 Å². The second-order valence-corrected chi connectivity index (χ2v) is 6.89. The quantitative estimate of drug-likeness (QED) is 0.642. The van der Waals surface area contributed by atoms with Crippen molar-refractivity contribution in [2.24, 2.45) is 7.05 Å². The van der Waals surface area contributed by atoms with Crippen molar-refractivity contribution in [3.63, 3.8) is 0 Å². The number of rotatable bonds is 4. The number of aromatic nitrogens is 1. The predicted molar refractivity (Wildman–Crippen MR) is 85.8 cm³/mol. The van der Waals surface area contributed by atoms with Gasteiger partial charge in [0.05, 0.1) is 0 Å². The average Bonchev–Trinajstić information content (AvgIpc) is 3.14. The van der Waals surface area contributed by atoms with Crippen LogP contribution in [0.5, 0.6) is 0 Å². The van der Waals surface area contributed by atoms with Gasteiger partial charge in [-0.2, -0.15) is 0 Å². The SMILES string of the molecule is Cc1cc(C(=O)COC(=O)c2cc3c(s2)CCC3)c(C)n1C. The Labute approximate surface area is 133 Å². The molecule has 0 aromatic carbocycles. The maximum absolute atomic E-state index is 12.2. The third kappa shape index (κ3) is 2.61. The molecule has 0 amide bonds. The maximum Gasteiger partial charge on any atom is 0.348 e. The molecule has 0 radical (unpaired) electrons. The lowest BCUT2D eigenvalue weighted by Gasteiger charge is -2.04. The van der Waals surface area contributed by atoms with Gasteiger partial charge in [0, 0.05) is 28.9 Å². The number of ether oxygens (including phenoxy) is 1. The highest BCUT2D eigenvalue weighted by molar-refractivity contribution is 7.14. The predicted octanol–water partition coefficient (Wildman–Crippen LogP) is 3.23. The molecule has 116 valence electrons. The topological polar surface area (TPSA) is 48.3 Å². The molecule has 2 heterocycles. The highest BCUT2D eigenvalue weighted by Gasteiger charge is 2.21. The summed E-state index contributed by atoms with van der Waals surface area (Å²) in [6, 6.07) is 3.75. The lowest BCUT2D eigenvalue weighted by molar-refractivity contribution is 0.0479. The number of nitrogens with zero attached hydrogens (tertiary/aromatic N) is 1. The first-order chi connectivity index (χ1) is 10.5. The highest BCUT2D eigenvalue weighted by atomic mass is 32.1. The van der Waals surface area contributed by atoms with E-state index >= 15 is 0 Å². The van der Waals surface area contributed by atoms with Gasteiger partial charge in [-0.25, -0.2) is 4.79 Å². The lowest BCUT2D eigenvalue weighted by Crippen LogP contribution is -2.14. The van der Waals surface area contributed by atoms with E-state index in [1.807, 2.05) is 37.6 Å². The molecule has 22 heavy (non-hydrogen) atoms. The van der Waals surface area contributed by atoms with Crippen LogP contribution in [0.15, 0.2) is 12.1 Å². The molecule has 0 saturated carbocycles. The fraction of sp³-hybridized carbons (Fsp3) is 0.412. The van der Waals surface area contributed by atoms with Crippen LogP contribution in [-0.2, 0) is 24.6 Å². The third-order valence-corrected chi connectivity index (χ3v) is 5.57. The summed E-state index contributed by atoms with van der Waals surface area (Å²) in [5, 5.41) is 0. The number of esters is 1. The standard InChI is InChI=1S/C17H19NO3S/c1-10-7-13(11(2)18(10)3)14(19)9-21-17(20)16-8-12-5-4-6-15(12)22-16/h7-8H,4-6,9H2,1-3H3. The Kier molecular flexibility index (Phi) is 3.91. The first kappa shape index (κ1) is 15.0. The van der Waals surface area contributed by atoms with Gasteiger partial charge >= 0.3 is 5.97 Å². The minimum Gasteiger partial charge on any atom is -0.453 e. The fourth-order valence-corrected chi connectivity index (χ4v) is 3.99. The van der Waals surface area contributed by atoms with Gasteiger partial charge in [-0.05, 0) is 50.8 Å². The molecule has 2 aromatic rings. The Balaban J connectivity index is 1.65. The molecule has 0 N–H and O–H groups in total. The largest absolute Gasteiger partial charge is 0.453 e. The van der Waals surface area contributed by atoms with Crippen LogP contribution in [0.1, 0.15) is 48.3 Å². The summed E-state index contributed by atoms with van der Waals surface area (Å²) in [6.07, 6.45) is 3.26. The molecule has 1 aliphatic carbocycles. The van der Waals surface area contributed by atoms with Crippen LogP contribution in [0.25, 0.3) is 0 Å². The van der Waals surface area contributed by atoms with Crippen molar-refractivity contribution < 1.29 is 14.3 Å². The number of thiophene rings is 1. The molecule has 0 fully saturated rings. The molecule has 3 rings (SSSR count). The van der Waals surface area contributed by atoms with Crippen LogP contribution in [0.2, 0.25) is 0 Å². The summed E-state index contributed by atoms with van der Waals surface area (Å²) in [5.74, 6) is -0.545. The summed E-state index contributed by atoms with van der Waals surface area (Å²) in [5.41, 5.74) is 3.80. The number of ketones is 1. The first-order valence-electron chi connectivity index (χ1n) is 7.42. The number of carbonyl (C=O) groups is 2. The van der Waals surface area contributed by atoms with E-state index in [0.29, 0.717) is 10.4 Å². The van der Waals surface area contributed by atoms with Gasteiger partial charge in [-0.3, -0.25) is 4.79 Å². The smallest absolute Gasteiger partial charge is 0.348 e. The molecule has 0 unspecified atom stereocenters. The molecule has 0 saturated heterocycles. The second-order valence-electron chi connectivity index (χ2n) is 5.76. The van der Waals surface area contributed by atoms with E-state index in [2.05, 4.69) is 0 Å². The molecular weight excluding hydrogens is 298 g/mol. The zero-order valence-electron chi connectivity index (χ0n) is 13.1. The normalized spacial score (nSPS) is 13.2. The number of Topliss-reactive ketones (excluding diaryl/α,β-unsaturated/α-hetero) is 1. The first-order valence-corrected chi connectivity index (χ1v) is 8.24. The molecule has 0 bridgehead atoms. The van der Waals surface area contributed by atoms with Gasteiger partial charge in [0.25, 0.3) is 0 Å². The molecular formula is C17H19NO3S. The second kappa shape index (κ2) is 5.72. The van der Waals surface area contributed by atoms with Crippen molar-refractivity contribution in [1.29, 1.82) is 0 Å². The summed E-state index contributed by atoms with van der Waals surface area (Å²) >= 11 is 1.50. The summed E-state index contributed by atoms with van der Waals surface area (Å²) in [6.45, 7) is 3.64. The Morgan fingerprint density at radius 3 is 2.68 bits per heavy atom. The van der Waals surface area contributed by atoms with Gasteiger partial charge in [0.2, 0.25) is 5.78 Å². The van der Waals surface area contributed by atoms with Gasteiger partial charge in [-0.1, -0.05) is 0 Å². The van der Waals surface area contributed by atoms with E-state index in [-0.39, 0.29) is 12.4 Å². The number of aryl methyl sites for hydroxylation is 3. The van der Waals surface area contributed by atoms with Crippen molar-refractivity contribution in [3.8, 4) is 0 Å². The van der Waals surface area contributed by atoms with Crippen molar-refractivity contribution in [3.05, 3.63) is 44.4 Å². The molecule has 0 spiro atoms. The number of carbonyl (C=O) groups excluding carboxylic acids is 2. The zero-order chi connectivity index (χ0) is 15.9. The van der Waals surface area contributed by atoms with Crippen LogP contribution in [0.3, 0.4) is 0 Å². The van der Waals surface area contributed by atoms with Crippen molar-refractivity contribution in [1.82, 2.24) is 4.57 Å². The lowest BCUT2D eigenvalue weighted by atomic mass is 10.1. The zero-order valence-corrected chi connectivity index (χ0v) is 13.9. The fourth-order valence-electron chi connectivity index (χ4n) is 2.85. The summed E-state index contributed by atoms with van der Waals surface area (Å²) < 4.78 is 7.16. The van der Waals surface area contributed by atoms with E-state index < -0.39 is 5.97 Å². The van der Waals surface area contributed by atoms with Crippen molar-refractivity contribution >= 4 is 23.1 Å².